The molecule has 0 heterocycles. The van der Waals surface area contributed by atoms with Gasteiger partial charge in [0.1, 0.15) is 0 Å². The van der Waals surface area contributed by atoms with Crippen LogP contribution in [0.5, 0.6) is 0 Å². The maximum absolute atomic E-state index is 15.2. The van der Waals surface area contributed by atoms with Gasteiger partial charge in [-0.2, -0.15) is 0 Å². The van der Waals surface area contributed by atoms with E-state index in [2.05, 4.69) is 0 Å². The number of phosphoric acid groups is 1. The predicted molar refractivity (Wildman–Crippen MR) is 219 cm³/mol. The van der Waals surface area contributed by atoms with Gasteiger partial charge < -0.3 is 33.5 Å². The summed E-state index contributed by atoms with van der Waals surface area (Å²) in [6.45, 7) is 0. The number of hydrogen-bond donors (Lipinski definition) is 0. The molecule has 16 nitrogen and oxygen atoms in total. The van der Waals surface area contributed by atoms with Gasteiger partial charge in [0.15, 0.2) is 0 Å². The molecule has 0 saturated carbocycles. The summed E-state index contributed by atoms with van der Waals surface area (Å²) >= 11 is -13.6. The molecule has 0 aromatic heterocycles. The van der Waals surface area contributed by atoms with Crippen molar-refractivity contribution in [2.75, 3.05) is 0 Å². The minimum absolute atomic E-state index is 0.0531. The summed E-state index contributed by atoms with van der Waals surface area (Å²) in [5.74, 6) is -6.70. The van der Waals surface area contributed by atoms with Crippen LogP contribution in [0.25, 0.3) is 0 Å². The van der Waals surface area contributed by atoms with Crippen molar-refractivity contribution in [2.24, 2.45) is 0 Å². The second-order valence-corrected chi connectivity index (χ2v) is 18.8. The summed E-state index contributed by atoms with van der Waals surface area (Å²) in [5.41, 5.74) is -0.318. The highest BCUT2D eigenvalue weighted by Crippen LogP contribution is 2.52. The summed E-state index contributed by atoms with van der Waals surface area (Å²) in [6, 6.07) is 44.2. The van der Waals surface area contributed by atoms with Gasteiger partial charge in [-0.3, -0.25) is 0 Å². The van der Waals surface area contributed by atoms with Crippen LogP contribution in [0.2, 0.25) is 0 Å². The molecule has 0 bridgehead atoms. The van der Waals surface area contributed by atoms with E-state index < -0.39 is 89.1 Å². The summed E-state index contributed by atoms with van der Waals surface area (Å²) in [6.07, 6.45) is 0. The van der Waals surface area contributed by atoms with E-state index in [0.717, 1.165) is 0 Å². The molecular formula is C42H30Al3O16P. The van der Waals surface area contributed by atoms with E-state index in [4.69, 9.17) is 33.5 Å². The normalized spacial score (nSPS) is 10.6. The SMILES string of the molecule is O=C([O][Al]([O]C(=O)c1ccccc1)[O]P(=O)([O][Al]([O]C(=O)c1ccccc1)[O]C(=O)c1ccccc1)[O][Al]([O]C(=O)c1ccccc1)[O]C(=O)c1ccccc1)c1ccccc1. The zero-order valence-corrected chi connectivity index (χ0v) is 36.4. The van der Waals surface area contributed by atoms with Gasteiger partial charge in [0, 0.05) is 0 Å². The first-order chi connectivity index (χ1) is 30.0. The van der Waals surface area contributed by atoms with Crippen molar-refractivity contribution in [2.45, 2.75) is 0 Å². The Kier molecular flexibility index (Phi) is 16.6. The van der Waals surface area contributed by atoms with Gasteiger partial charge in [-0.25, -0.2) is 33.3 Å². The quantitative estimate of drug-likeness (QED) is 0.0616. The number of carbonyl (C=O) groups excluding carboxylic acids is 6. The fraction of sp³-hybridized carbons (Fsp3) is 0. The average Bonchev–Trinajstić information content (AvgIpc) is 3.30. The van der Waals surface area contributed by atoms with Crippen molar-refractivity contribution >= 4 is 89.1 Å². The third kappa shape index (κ3) is 13.7. The summed E-state index contributed by atoms with van der Waals surface area (Å²) < 4.78 is 65.3. The lowest BCUT2D eigenvalue weighted by Gasteiger charge is -2.25. The Morgan fingerprint density at radius 3 is 0.565 bits per heavy atom. The van der Waals surface area contributed by atoms with E-state index in [1.807, 2.05) is 0 Å². The summed E-state index contributed by atoms with van der Waals surface area (Å²) in [7, 11) is -5.75. The Labute approximate surface area is 369 Å². The second kappa shape index (κ2) is 22.6. The molecule has 6 aromatic rings. The van der Waals surface area contributed by atoms with Gasteiger partial charge >= 0.3 is 89.1 Å². The van der Waals surface area contributed by atoms with E-state index in [0.29, 0.717) is 0 Å². The van der Waals surface area contributed by atoms with Crippen LogP contribution in [0.15, 0.2) is 182 Å². The minimum Gasteiger partial charge on any atom is -0.558 e. The zero-order chi connectivity index (χ0) is 43.7. The van der Waals surface area contributed by atoms with Gasteiger partial charge in [-0.1, -0.05) is 109 Å². The Balaban J connectivity index is 1.41. The van der Waals surface area contributed by atoms with Crippen LogP contribution < -0.4 is 0 Å². The first kappa shape index (κ1) is 45.4. The molecule has 6 aromatic carbocycles. The van der Waals surface area contributed by atoms with E-state index in [-0.39, 0.29) is 33.4 Å². The monoisotopic (exact) mass is 902 g/mol. The highest BCUT2D eigenvalue weighted by Gasteiger charge is 2.61. The van der Waals surface area contributed by atoms with Crippen molar-refractivity contribution in [1.82, 2.24) is 0 Å². The lowest BCUT2D eigenvalue weighted by molar-refractivity contribution is 0.0479. The lowest BCUT2D eigenvalue weighted by atomic mass is 10.2. The van der Waals surface area contributed by atoms with Crippen molar-refractivity contribution < 1.29 is 66.8 Å². The lowest BCUT2D eigenvalue weighted by Crippen LogP contribution is -2.39. The fourth-order valence-corrected chi connectivity index (χ4v) is 12.5. The molecule has 0 radical (unpaired) electrons. The fourth-order valence-electron chi connectivity index (χ4n) is 4.97. The molecule has 0 unspecified atom stereocenters. The maximum atomic E-state index is 15.2. The summed E-state index contributed by atoms with van der Waals surface area (Å²) in [4.78, 5) is 80.5. The largest absolute Gasteiger partial charge is 1.11 e. The van der Waals surface area contributed by atoms with Gasteiger partial charge in [-0.05, 0) is 72.8 Å². The van der Waals surface area contributed by atoms with Gasteiger partial charge in [0.05, 0.1) is 33.4 Å². The molecule has 20 heteroatoms. The molecule has 0 fully saturated rings. The minimum atomic E-state index is -5.75. The molecule has 0 N–H and O–H groups in total. The summed E-state index contributed by atoms with van der Waals surface area (Å²) in [5, 5.41) is 0. The van der Waals surface area contributed by atoms with Crippen LogP contribution in [-0.2, 0) is 38.0 Å². The van der Waals surface area contributed by atoms with Crippen molar-refractivity contribution in [1.29, 1.82) is 0 Å². The number of carbonyl (C=O) groups is 6. The molecule has 6 rings (SSSR count). The first-order valence-corrected chi connectivity index (χ1v) is 24.0. The molecular weight excluding hydrogens is 872 g/mol. The number of rotatable bonds is 18. The van der Waals surface area contributed by atoms with Gasteiger partial charge in [0.25, 0.3) is 0 Å². The van der Waals surface area contributed by atoms with Crippen molar-refractivity contribution in [3.63, 3.8) is 0 Å². The van der Waals surface area contributed by atoms with Crippen LogP contribution in [0.4, 0.5) is 0 Å². The van der Waals surface area contributed by atoms with E-state index in [1.54, 1.807) is 36.4 Å². The molecule has 0 aliphatic heterocycles. The Morgan fingerprint density at radius 2 is 0.419 bits per heavy atom. The number of benzene rings is 6. The molecule has 0 amide bonds. The maximum Gasteiger partial charge on any atom is 1.11 e. The molecule has 62 heavy (non-hydrogen) atoms. The highest BCUT2D eigenvalue weighted by atomic mass is 31.2. The first-order valence-electron chi connectivity index (χ1n) is 18.3. The Morgan fingerprint density at radius 1 is 0.274 bits per heavy atom. The highest BCUT2D eigenvalue weighted by molar-refractivity contribution is 7.52. The van der Waals surface area contributed by atoms with Crippen molar-refractivity contribution in [3.05, 3.63) is 215 Å². The zero-order valence-electron chi connectivity index (χ0n) is 32.0. The standard InChI is InChI=1S/6C7H6O2.3Al.H3O4P/c6*8-7(9)6-4-2-1-3-5-6;;;;1-5(2,3)4/h6*1-5H,(H,8,9);;;;(H3,1,2,3,4)/q;;;;;;3*+3;/p-9. The molecule has 308 valence electrons. The van der Waals surface area contributed by atoms with Crippen LogP contribution >= 0.6 is 7.82 Å². The smallest absolute Gasteiger partial charge is 0.558 e. The van der Waals surface area contributed by atoms with E-state index in [9.17, 15) is 28.8 Å². The molecule has 0 aliphatic carbocycles. The van der Waals surface area contributed by atoms with E-state index in [1.165, 1.54) is 146 Å². The van der Waals surface area contributed by atoms with E-state index >= 15 is 4.57 Å². The molecule has 0 aliphatic rings. The van der Waals surface area contributed by atoms with Crippen LogP contribution in [0.3, 0.4) is 0 Å². The number of hydrogen-bond acceptors (Lipinski definition) is 16. The Hall–Kier alpha value is -6.15. The average molecular weight is 903 g/mol. The Bertz CT molecular complexity index is 2070. The predicted octanol–water partition coefficient (Wildman–Crippen LogP) is 7.24. The van der Waals surface area contributed by atoms with Crippen LogP contribution in [0.1, 0.15) is 62.1 Å². The van der Waals surface area contributed by atoms with Crippen LogP contribution in [0, 0.1) is 0 Å². The molecule has 0 spiro atoms. The molecule has 0 atom stereocenters. The molecule has 0 saturated heterocycles. The van der Waals surface area contributed by atoms with Gasteiger partial charge in [0.2, 0.25) is 0 Å². The third-order valence-corrected chi connectivity index (χ3v) is 15.5. The topological polar surface area (TPSA) is 203 Å². The van der Waals surface area contributed by atoms with Crippen LogP contribution in [-0.4, -0.2) is 81.3 Å². The third-order valence-electron chi connectivity index (χ3n) is 7.92. The second-order valence-electron chi connectivity index (χ2n) is 12.3. The van der Waals surface area contributed by atoms with Gasteiger partial charge in [-0.15, -0.1) is 0 Å². The van der Waals surface area contributed by atoms with Crippen molar-refractivity contribution in [3.8, 4) is 0 Å².